The highest BCUT2D eigenvalue weighted by Gasteiger charge is 2.34. The maximum absolute atomic E-state index is 5.91. The number of benzene rings is 1. The van der Waals surface area contributed by atoms with Crippen molar-refractivity contribution in [1.29, 1.82) is 0 Å². The molecule has 0 amide bonds. The molecule has 2 aliphatic heterocycles. The third kappa shape index (κ3) is 3.47. The number of piperidine rings is 1. The highest BCUT2D eigenvalue weighted by molar-refractivity contribution is 6.30. The van der Waals surface area contributed by atoms with E-state index in [9.17, 15) is 0 Å². The van der Waals surface area contributed by atoms with E-state index in [1.807, 2.05) is 24.3 Å². The van der Waals surface area contributed by atoms with E-state index in [1.54, 1.807) is 0 Å². The summed E-state index contributed by atoms with van der Waals surface area (Å²) in [5.74, 6) is 1.13. The summed E-state index contributed by atoms with van der Waals surface area (Å²) >= 11 is 5.91. The molecule has 3 heterocycles. The second kappa shape index (κ2) is 7.19. The van der Waals surface area contributed by atoms with E-state index in [0.29, 0.717) is 36.6 Å². The van der Waals surface area contributed by atoms with E-state index in [-0.39, 0.29) is 12.3 Å². The molecule has 0 N–H and O–H groups in total. The molecule has 0 radical (unpaired) electrons. The molecule has 0 aliphatic carbocycles. The Morgan fingerprint density at radius 1 is 1.08 bits per heavy atom. The van der Waals surface area contributed by atoms with Gasteiger partial charge in [-0.05, 0) is 43.7 Å². The van der Waals surface area contributed by atoms with Crippen LogP contribution in [0.5, 0.6) is 0 Å². The maximum atomic E-state index is 5.91. The standard InChI is InChI=1S/C17H20ClN3O3/c18-13-6-4-12(5-7-13)16-20-19-15(24-16)11-21-8-2-1-3-14(21)17-22-9-10-23-17/h4-7,14,17H,1-3,8-11H2. The first-order valence-electron chi connectivity index (χ1n) is 8.35. The van der Waals surface area contributed by atoms with Crippen molar-refractivity contribution in [1.82, 2.24) is 15.1 Å². The first-order chi connectivity index (χ1) is 11.8. The summed E-state index contributed by atoms with van der Waals surface area (Å²) in [5.41, 5.74) is 0.871. The molecule has 1 unspecified atom stereocenters. The van der Waals surface area contributed by atoms with Gasteiger partial charge in [0.05, 0.1) is 25.8 Å². The minimum Gasteiger partial charge on any atom is -0.419 e. The molecule has 1 atom stereocenters. The molecule has 2 fully saturated rings. The topological polar surface area (TPSA) is 60.6 Å². The number of nitrogens with zero attached hydrogens (tertiary/aromatic N) is 3. The summed E-state index contributed by atoms with van der Waals surface area (Å²) in [7, 11) is 0. The summed E-state index contributed by atoms with van der Waals surface area (Å²) in [6.07, 6.45) is 3.30. The summed E-state index contributed by atoms with van der Waals surface area (Å²) in [6, 6.07) is 7.64. The Morgan fingerprint density at radius 2 is 1.88 bits per heavy atom. The zero-order valence-corrected chi connectivity index (χ0v) is 14.1. The molecule has 24 heavy (non-hydrogen) atoms. The number of hydrogen-bond donors (Lipinski definition) is 0. The molecule has 2 saturated heterocycles. The SMILES string of the molecule is Clc1ccc(-c2nnc(CN3CCCCC3C3OCCO3)o2)cc1. The molecular formula is C17H20ClN3O3. The molecule has 6 nitrogen and oxygen atoms in total. The summed E-state index contributed by atoms with van der Waals surface area (Å²) in [6.45, 7) is 2.97. The second-order valence-corrected chi connectivity index (χ2v) is 6.59. The summed E-state index contributed by atoms with van der Waals surface area (Å²) in [5, 5.41) is 9.04. The maximum Gasteiger partial charge on any atom is 0.247 e. The van der Waals surface area contributed by atoms with Crippen LogP contribution in [0.2, 0.25) is 5.02 Å². The summed E-state index contributed by atoms with van der Waals surface area (Å²) in [4.78, 5) is 2.33. The smallest absolute Gasteiger partial charge is 0.247 e. The van der Waals surface area contributed by atoms with E-state index < -0.39 is 0 Å². The molecule has 2 aliphatic rings. The zero-order chi connectivity index (χ0) is 16.4. The van der Waals surface area contributed by atoms with Crippen LogP contribution in [-0.2, 0) is 16.0 Å². The first kappa shape index (κ1) is 16.0. The Hall–Kier alpha value is -1.47. The minimum atomic E-state index is -0.135. The van der Waals surface area contributed by atoms with Gasteiger partial charge in [-0.3, -0.25) is 4.90 Å². The van der Waals surface area contributed by atoms with Crippen LogP contribution in [0, 0.1) is 0 Å². The van der Waals surface area contributed by atoms with Crippen LogP contribution in [0.3, 0.4) is 0 Å². The van der Waals surface area contributed by atoms with E-state index >= 15 is 0 Å². The van der Waals surface area contributed by atoms with Crippen LogP contribution in [-0.4, -0.2) is 47.2 Å². The highest BCUT2D eigenvalue weighted by Crippen LogP contribution is 2.27. The van der Waals surface area contributed by atoms with Gasteiger partial charge < -0.3 is 13.9 Å². The van der Waals surface area contributed by atoms with Gasteiger partial charge in [0.15, 0.2) is 6.29 Å². The molecule has 2 aromatic rings. The summed E-state index contributed by atoms with van der Waals surface area (Å²) < 4.78 is 17.2. The van der Waals surface area contributed by atoms with Crippen LogP contribution < -0.4 is 0 Å². The number of ether oxygens (including phenoxy) is 2. The van der Waals surface area contributed by atoms with Crippen molar-refractivity contribution in [2.75, 3.05) is 19.8 Å². The van der Waals surface area contributed by atoms with Crippen LogP contribution in [0.25, 0.3) is 11.5 Å². The normalized spacial score (nSPS) is 23.0. The number of aromatic nitrogens is 2. The Bertz CT molecular complexity index is 670. The number of rotatable bonds is 4. The van der Waals surface area contributed by atoms with Gasteiger partial charge in [-0.15, -0.1) is 10.2 Å². The lowest BCUT2D eigenvalue weighted by Gasteiger charge is -2.37. The van der Waals surface area contributed by atoms with Crippen molar-refractivity contribution < 1.29 is 13.9 Å². The monoisotopic (exact) mass is 349 g/mol. The van der Waals surface area contributed by atoms with Crippen molar-refractivity contribution in [2.24, 2.45) is 0 Å². The Labute approximate surface area is 145 Å². The predicted molar refractivity (Wildman–Crippen MR) is 88.5 cm³/mol. The number of likely N-dealkylation sites (tertiary alicyclic amines) is 1. The van der Waals surface area contributed by atoms with Gasteiger partial charge in [-0.25, -0.2) is 0 Å². The fraction of sp³-hybridized carbons (Fsp3) is 0.529. The molecule has 7 heteroatoms. The fourth-order valence-corrected chi connectivity index (χ4v) is 3.45. The number of hydrogen-bond acceptors (Lipinski definition) is 6. The van der Waals surface area contributed by atoms with Crippen LogP contribution in [0.4, 0.5) is 0 Å². The Morgan fingerprint density at radius 3 is 2.67 bits per heavy atom. The lowest BCUT2D eigenvalue weighted by atomic mass is 10.0. The van der Waals surface area contributed by atoms with Gasteiger partial charge in [0.2, 0.25) is 11.8 Å². The van der Waals surface area contributed by atoms with Gasteiger partial charge in [-0.1, -0.05) is 18.0 Å². The second-order valence-electron chi connectivity index (χ2n) is 6.15. The van der Waals surface area contributed by atoms with Crippen molar-refractivity contribution >= 4 is 11.6 Å². The van der Waals surface area contributed by atoms with Crippen molar-refractivity contribution in [3.8, 4) is 11.5 Å². The highest BCUT2D eigenvalue weighted by atomic mass is 35.5. The number of halogens is 1. The van der Waals surface area contributed by atoms with Gasteiger partial charge >= 0.3 is 0 Å². The van der Waals surface area contributed by atoms with E-state index in [0.717, 1.165) is 18.5 Å². The molecule has 1 aromatic carbocycles. The van der Waals surface area contributed by atoms with E-state index in [4.69, 9.17) is 25.5 Å². The lowest BCUT2D eigenvalue weighted by Crippen LogP contribution is -2.46. The average Bonchev–Trinajstić information content (AvgIpc) is 3.28. The molecule has 128 valence electrons. The first-order valence-corrected chi connectivity index (χ1v) is 8.73. The predicted octanol–water partition coefficient (Wildman–Crippen LogP) is 3.12. The van der Waals surface area contributed by atoms with Crippen LogP contribution in [0.15, 0.2) is 28.7 Å². The van der Waals surface area contributed by atoms with Crippen LogP contribution in [0.1, 0.15) is 25.2 Å². The minimum absolute atomic E-state index is 0.135. The molecular weight excluding hydrogens is 330 g/mol. The molecule has 0 spiro atoms. The zero-order valence-electron chi connectivity index (χ0n) is 13.4. The average molecular weight is 350 g/mol. The van der Waals surface area contributed by atoms with E-state index in [1.165, 1.54) is 12.8 Å². The van der Waals surface area contributed by atoms with Crippen molar-refractivity contribution in [2.45, 2.75) is 38.1 Å². The molecule has 0 saturated carbocycles. The van der Waals surface area contributed by atoms with Crippen LogP contribution >= 0.6 is 11.6 Å². The third-order valence-corrected chi connectivity index (χ3v) is 4.77. The van der Waals surface area contributed by atoms with Gasteiger partial charge in [0.1, 0.15) is 0 Å². The third-order valence-electron chi connectivity index (χ3n) is 4.52. The van der Waals surface area contributed by atoms with Crippen molar-refractivity contribution in [3.05, 3.63) is 35.2 Å². The van der Waals surface area contributed by atoms with Crippen molar-refractivity contribution in [3.63, 3.8) is 0 Å². The van der Waals surface area contributed by atoms with Gasteiger partial charge in [0, 0.05) is 10.6 Å². The molecule has 0 bridgehead atoms. The molecule has 4 rings (SSSR count). The molecule has 1 aromatic heterocycles. The fourth-order valence-electron chi connectivity index (χ4n) is 3.32. The Kier molecular flexibility index (Phi) is 4.80. The Balaban J connectivity index is 1.46. The quantitative estimate of drug-likeness (QED) is 0.845. The van der Waals surface area contributed by atoms with Gasteiger partial charge in [0.25, 0.3) is 0 Å². The van der Waals surface area contributed by atoms with E-state index in [2.05, 4.69) is 15.1 Å². The lowest BCUT2D eigenvalue weighted by molar-refractivity contribution is -0.112. The van der Waals surface area contributed by atoms with Gasteiger partial charge in [-0.2, -0.15) is 0 Å². The largest absolute Gasteiger partial charge is 0.419 e.